The second kappa shape index (κ2) is 14.3. The van der Waals surface area contributed by atoms with Crippen LogP contribution in [-0.2, 0) is 0 Å². The molecule has 4 nitrogen and oxygen atoms in total. The number of nitrogens with zero attached hydrogens (tertiary/aromatic N) is 3. The molecule has 0 atom stereocenters. The number of furan rings is 1. The van der Waals surface area contributed by atoms with Gasteiger partial charge in [-0.25, -0.2) is 15.0 Å². The molecule has 0 radical (unpaired) electrons. The van der Waals surface area contributed by atoms with Gasteiger partial charge in [-0.2, -0.15) is 0 Å². The molecule has 0 fully saturated rings. The topological polar surface area (TPSA) is 51.8 Å². The molecule has 0 aliphatic carbocycles. The summed E-state index contributed by atoms with van der Waals surface area (Å²) in [6.45, 7) is 0. The summed E-state index contributed by atoms with van der Waals surface area (Å²) in [5.74, 6) is 1.87. The van der Waals surface area contributed by atoms with Gasteiger partial charge in [-0.15, -0.1) is 0 Å². The molecular formula is C57H35N3O. The first kappa shape index (κ1) is 34.8. The highest BCUT2D eigenvalue weighted by atomic mass is 16.3. The number of fused-ring (bicyclic) bond motifs is 6. The predicted octanol–water partition coefficient (Wildman–Crippen LogP) is 15.2. The first-order chi connectivity index (χ1) is 30.2. The minimum absolute atomic E-state index is 0.618. The van der Waals surface area contributed by atoms with Crippen molar-refractivity contribution in [1.29, 1.82) is 0 Å². The summed E-state index contributed by atoms with van der Waals surface area (Å²) >= 11 is 0. The Morgan fingerprint density at radius 2 is 0.672 bits per heavy atom. The van der Waals surface area contributed by atoms with Crippen LogP contribution in [0.3, 0.4) is 0 Å². The Hall–Kier alpha value is -8.21. The maximum atomic E-state index is 6.52. The minimum atomic E-state index is 0.618. The molecule has 0 saturated heterocycles. The van der Waals surface area contributed by atoms with Crippen LogP contribution < -0.4 is 0 Å². The van der Waals surface area contributed by atoms with E-state index >= 15 is 0 Å². The predicted molar refractivity (Wildman–Crippen MR) is 252 cm³/mol. The van der Waals surface area contributed by atoms with E-state index in [1.807, 2.05) is 0 Å². The minimum Gasteiger partial charge on any atom is -0.456 e. The van der Waals surface area contributed by atoms with Gasteiger partial charge in [0, 0.05) is 27.5 Å². The van der Waals surface area contributed by atoms with Gasteiger partial charge in [0.05, 0.1) is 0 Å². The zero-order valence-electron chi connectivity index (χ0n) is 33.0. The molecule has 0 saturated carbocycles. The van der Waals surface area contributed by atoms with Gasteiger partial charge in [-0.3, -0.25) is 0 Å². The maximum absolute atomic E-state index is 6.52. The van der Waals surface area contributed by atoms with Crippen LogP contribution in [0.25, 0.3) is 122 Å². The van der Waals surface area contributed by atoms with Gasteiger partial charge in [0.25, 0.3) is 0 Å². The van der Waals surface area contributed by atoms with Gasteiger partial charge < -0.3 is 4.42 Å². The Bertz CT molecular complexity index is 3640. The molecule has 0 N–H and O–H groups in total. The molecule has 0 aliphatic rings. The van der Waals surface area contributed by atoms with E-state index in [-0.39, 0.29) is 0 Å². The van der Waals surface area contributed by atoms with Crippen LogP contribution in [-0.4, -0.2) is 15.0 Å². The molecular weight excluding hydrogens is 743 g/mol. The second-order valence-corrected chi connectivity index (χ2v) is 15.6. The quantitative estimate of drug-likeness (QED) is 0.169. The summed E-state index contributed by atoms with van der Waals surface area (Å²) in [7, 11) is 0. The van der Waals surface area contributed by atoms with Crippen molar-refractivity contribution in [2.24, 2.45) is 0 Å². The van der Waals surface area contributed by atoms with Crippen molar-refractivity contribution in [3.63, 3.8) is 0 Å². The van der Waals surface area contributed by atoms with Crippen molar-refractivity contribution in [2.75, 3.05) is 0 Å². The van der Waals surface area contributed by atoms with Crippen molar-refractivity contribution in [3.8, 4) is 67.5 Å². The van der Waals surface area contributed by atoms with E-state index in [1.165, 1.54) is 43.6 Å². The van der Waals surface area contributed by atoms with E-state index < -0.39 is 0 Å². The number of benzene rings is 10. The molecule has 12 rings (SSSR count). The summed E-state index contributed by atoms with van der Waals surface area (Å²) in [5, 5.41) is 9.45. The third kappa shape index (κ3) is 6.30. The van der Waals surface area contributed by atoms with Crippen LogP contribution in [0.15, 0.2) is 217 Å². The van der Waals surface area contributed by atoms with Crippen LogP contribution in [0.5, 0.6) is 0 Å². The van der Waals surface area contributed by atoms with E-state index in [0.717, 1.165) is 60.7 Å². The fourth-order valence-corrected chi connectivity index (χ4v) is 8.69. The SMILES string of the molecule is c1ccc2cc(-c3ccc(-c4nc(-c5ccc(-c6ccc7c(c6)oc6cccc(-c8ccc9ccccc9c8)c67)cc5)nc(-c5ccc6ccccc6c5)n4)cc3)ccc2c1. The van der Waals surface area contributed by atoms with E-state index in [4.69, 9.17) is 19.4 Å². The van der Waals surface area contributed by atoms with Crippen molar-refractivity contribution >= 4 is 54.3 Å². The maximum Gasteiger partial charge on any atom is 0.164 e. The molecule has 0 amide bonds. The van der Waals surface area contributed by atoms with Crippen molar-refractivity contribution in [2.45, 2.75) is 0 Å². The molecule has 61 heavy (non-hydrogen) atoms. The van der Waals surface area contributed by atoms with Gasteiger partial charge in [-0.05, 0) is 102 Å². The molecule has 2 aromatic heterocycles. The Kier molecular flexibility index (Phi) is 8.13. The second-order valence-electron chi connectivity index (χ2n) is 15.6. The standard InChI is InChI=1S/C57H35N3O/c1-4-11-43-32-46(27-20-36(43)8-1)39-16-23-41(24-17-39)55-58-56(60-57(59-55)49-29-22-38-10-3-6-13-45(38)34-49)42-25-18-40(19-26-42)47-30-31-51-53(35-47)61-52-15-7-14-50(54(51)52)48-28-21-37-9-2-5-12-44(37)33-48/h1-35H. The van der Waals surface area contributed by atoms with Crippen LogP contribution >= 0.6 is 0 Å². The van der Waals surface area contributed by atoms with Gasteiger partial charge in [-0.1, -0.05) is 176 Å². The Morgan fingerprint density at radius 3 is 1.25 bits per heavy atom. The summed E-state index contributed by atoms with van der Waals surface area (Å²) in [5.41, 5.74) is 11.3. The molecule has 4 heteroatoms. The van der Waals surface area contributed by atoms with Gasteiger partial charge >= 0.3 is 0 Å². The summed E-state index contributed by atoms with van der Waals surface area (Å²) in [6.07, 6.45) is 0. The lowest BCUT2D eigenvalue weighted by atomic mass is 9.96. The first-order valence-electron chi connectivity index (χ1n) is 20.6. The zero-order valence-corrected chi connectivity index (χ0v) is 33.0. The molecule has 12 aromatic rings. The number of aromatic nitrogens is 3. The number of hydrogen-bond donors (Lipinski definition) is 0. The summed E-state index contributed by atoms with van der Waals surface area (Å²) < 4.78 is 6.52. The van der Waals surface area contributed by atoms with Crippen molar-refractivity contribution in [3.05, 3.63) is 212 Å². The smallest absolute Gasteiger partial charge is 0.164 e. The highest BCUT2D eigenvalue weighted by molar-refractivity contribution is 6.13. The van der Waals surface area contributed by atoms with Crippen LogP contribution in [0.4, 0.5) is 0 Å². The third-order valence-corrected chi connectivity index (χ3v) is 11.9. The first-order valence-corrected chi connectivity index (χ1v) is 20.6. The zero-order chi connectivity index (χ0) is 40.3. The highest BCUT2D eigenvalue weighted by Crippen LogP contribution is 2.39. The van der Waals surface area contributed by atoms with Gasteiger partial charge in [0.2, 0.25) is 0 Å². The molecule has 10 aromatic carbocycles. The number of rotatable bonds is 6. The number of hydrogen-bond acceptors (Lipinski definition) is 4. The normalized spacial score (nSPS) is 11.6. The summed E-state index contributed by atoms with van der Waals surface area (Å²) in [4.78, 5) is 15.2. The van der Waals surface area contributed by atoms with Crippen LogP contribution in [0, 0.1) is 0 Å². The Labute approximate surface area is 352 Å². The molecule has 0 bridgehead atoms. The van der Waals surface area contributed by atoms with E-state index in [9.17, 15) is 0 Å². The lowest BCUT2D eigenvalue weighted by Gasteiger charge is -2.10. The highest BCUT2D eigenvalue weighted by Gasteiger charge is 2.16. The van der Waals surface area contributed by atoms with Crippen LogP contribution in [0.1, 0.15) is 0 Å². The van der Waals surface area contributed by atoms with E-state index in [1.54, 1.807) is 0 Å². The molecule has 284 valence electrons. The fourth-order valence-electron chi connectivity index (χ4n) is 8.69. The third-order valence-electron chi connectivity index (χ3n) is 11.9. The van der Waals surface area contributed by atoms with Gasteiger partial charge in [0.15, 0.2) is 17.5 Å². The van der Waals surface area contributed by atoms with E-state index in [0.29, 0.717) is 17.5 Å². The van der Waals surface area contributed by atoms with Crippen molar-refractivity contribution < 1.29 is 4.42 Å². The molecule has 0 unspecified atom stereocenters. The fraction of sp³-hybridized carbons (Fsp3) is 0. The molecule has 0 spiro atoms. The van der Waals surface area contributed by atoms with Crippen molar-refractivity contribution in [1.82, 2.24) is 15.0 Å². The van der Waals surface area contributed by atoms with E-state index in [2.05, 4.69) is 212 Å². The molecule has 0 aliphatic heterocycles. The Morgan fingerprint density at radius 1 is 0.262 bits per heavy atom. The molecule has 2 heterocycles. The van der Waals surface area contributed by atoms with Gasteiger partial charge in [0.1, 0.15) is 11.2 Å². The summed E-state index contributed by atoms with van der Waals surface area (Å²) in [6, 6.07) is 74.8. The average molecular weight is 778 g/mol. The lowest BCUT2D eigenvalue weighted by molar-refractivity contribution is 0.669. The lowest BCUT2D eigenvalue weighted by Crippen LogP contribution is -2.00. The Balaban J connectivity index is 0.903. The van der Waals surface area contributed by atoms with Crippen LogP contribution in [0.2, 0.25) is 0 Å². The average Bonchev–Trinajstić information content (AvgIpc) is 3.72. The largest absolute Gasteiger partial charge is 0.456 e. The monoisotopic (exact) mass is 777 g/mol.